The van der Waals surface area contributed by atoms with E-state index in [9.17, 15) is 13.2 Å². The van der Waals surface area contributed by atoms with Crippen LogP contribution >= 0.6 is 11.6 Å². The monoisotopic (exact) mass is 503 g/mol. The standard InChI is InChI=1S/C24H25ClF3N7/c25-19-9-15(10-29-32-19)34-11-13-4-5-14(12-34)22(13)30-24-31-23-17(3-1-2-8-35(23)33-24)16-6-7-18(26)21(28)20(16)27/h6-7,9-10,13-14,17,22H,1-5,8,11-12H2,(H,30,33)/t13-,14+,17?,22?. The van der Waals surface area contributed by atoms with E-state index in [1.54, 1.807) is 10.9 Å². The molecule has 2 fully saturated rings. The molecule has 3 aliphatic rings. The van der Waals surface area contributed by atoms with Crippen LogP contribution in [0.15, 0.2) is 24.4 Å². The molecule has 0 amide bonds. The quantitative estimate of drug-likeness (QED) is 0.517. The zero-order valence-corrected chi connectivity index (χ0v) is 19.7. The molecule has 4 atom stereocenters. The van der Waals surface area contributed by atoms with Crippen LogP contribution in [0, 0.1) is 29.3 Å². The summed E-state index contributed by atoms with van der Waals surface area (Å²) in [5.74, 6) is -2.32. The molecule has 1 aliphatic carbocycles. The van der Waals surface area contributed by atoms with E-state index >= 15 is 0 Å². The van der Waals surface area contributed by atoms with E-state index in [4.69, 9.17) is 21.7 Å². The Labute approximate surface area is 205 Å². The lowest BCUT2D eigenvalue weighted by Crippen LogP contribution is -2.48. The summed E-state index contributed by atoms with van der Waals surface area (Å²) in [6, 6.07) is 4.37. The molecule has 35 heavy (non-hydrogen) atoms. The van der Waals surface area contributed by atoms with Gasteiger partial charge in [-0.3, -0.25) is 0 Å². The number of nitrogens with one attached hydrogen (secondary N) is 1. The zero-order chi connectivity index (χ0) is 24.1. The molecule has 3 aromatic rings. The summed E-state index contributed by atoms with van der Waals surface area (Å²) in [6.45, 7) is 2.39. The number of piperidine rings is 1. The molecular formula is C24H25ClF3N7. The third kappa shape index (κ3) is 4.11. The first kappa shape index (κ1) is 22.6. The van der Waals surface area contributed by atoms with Crippen LogP contribution in [0.5, 0.6) is 0 Å². The predicted molar refractivity (Wildman–Crippen MR) is 125 cm³/mol. The molecule has 11 heteroatoms. The maximum atomic E-state index is 14.7. The molecule has 6 rings (SSSR count). The van der Waals surface area contributed by atoms with Crippen molar-refractivity contribution >= 4 is 23.2 Å². The molecule has 2 bridgehead atoms. The molecule has 7 nitrogen and oxygen atoms in total. The lowest BCUT2D eigenvalue weighted by atomic mass is 9.92. The molecule has 2 aromatic heterocycles. The number of rotatable bonds is 4. The van der Waals surface area contributed by atoms with Crippen molar-refractivity contribution in [1.29, 1.82) is 0 Å². The van der Waals surface area contributed by atoms with Gasteiger partial charge >= 0.3 is 0 Å². The fraction of sp³-hybridized carbons (Fsp3) is 0.500. The summed E-state index contributed by atoms with van der Waals surface area (Å²) < 4.78 is 44.0. The summed E-state index contributed by atoms with van der Waals surface area (Å²) in [7, 11) is 0. The van der Waals surface area contributed by atoms with Crippen molar-refractivity contribution in [3.05, 3.63) is 58.4 Å². The van der Waals surface area contributed by atoms with Gasteiger partial charge in [0.2, 0.25) is 5.95 Å². The van der Waals surface area contributed by atoms with Crippen molar-refractivity contribution in [1.82, 2.24) is 25.0 Å². The summed E-state index contributed by atoms with van der Waals surface area (Å²) in [4.78, 5) is 7.05. The summed E-state index contributed by atoms with van der Waals surface area (Å²) in [5.41, 5.74) is 1.10. The smallest absolute Gasteiger partial charge is 0.242 e. The lowest BCUT2D eigenvalue weighted by molar-refractivity contribution is 0.376. The number of aryl methyl sites for hydroxylation is 1. The van der Waals surface area contributed by atoms with Crippen molar-refractivity contribution in [3.63, 3.8) is 0 Å². The number of anilines is 2. The number of benzene rings is 1. The van der Waals surface area contributed by atoms with E-state index in [0.717, 1.165) is 50.5 Å². The van der Waals surface area contributed by atoms with Gasteiger partial charge in [-0.05, 0) is 43.6 Å². The molecule has 1 N–H and O–H groups in total. The van der Waals surface area contributed by atoms with Gasteiger partial charge in [-0.25, -0.2) is 17.9 Å². The highest BCUT2D eigenvalue weighted by atomic mass is 35.5. The predicted octanol–water partition coefficient (Wildman–Crippen LogP) is 4.78. The molecule has 2 unspecified atom stereocenters. The lowest BCUT2D eigenvalue weighted by Gasteiger charge is -2.39. The van der Waals surface area contributed by atoms with Crippen LogP contribution in [0.25, 0.3) is 0 Å². The first-order chi connectivity index (χ1) is 17.0. The summed E-state index contributed by atoms with van der Waals surface area (Å²) in [5, 5.41) is 16.4. The van der Waals surface area contributed by atoms with Gasteiger partial charge in [0.25, 0.3) is 0 Å². The van der Waals surface area contributed by atoms with Crippen LogP contribution < -0.4 is 10.2 Å². The topological polar surface area (TPSA) is 71.8 Å². The Balaban J connectivity index is 1.24. The molecule has 0 radical (unpaired) electrons. The Morgan fingerprint density at radius 2 is 1.80 bits per heavy atom. The minimum absolute atomic E-state index is 0.129. The van der Waals surface area contributed by atoms with Crippen molar-refractivity contribution in [2.75, 3.05) is 23.3 Å². The van der Waals surface area contributed by atoms with Gasteiger partial charge < -0.3 is 10.2 Å². The molecule has 0 spiro atoms. The first-order valence-corrected chi connectivity index (χ1v) is 12.4. The maximum absolute atomic E-state index is 14.7. The highest BCUT2D eigenvalue weighted by Crippen LogP contribution is 2.41. The highest BCUT2D eigenvalue weighted by molar-refractivity contribution is 6.29. The average Bonchev–Trinajstić information content (AvgIpc) is 3.25. The second-order valence-electron chi connectivity index (χ2n) is 9.74. The number of hydrogen-bond acceptors (Lipinski definition) is 6. The summed E-state index contributed by atoms with van der Waals surface area (Å²) >= 11 is 6.04. The molecule has 1 saturated heterocycles. The van der Waals surface area contributed by atoms with E-state index in [-0.39, 0.29) is 11.6 Å². The summed E-state index contributed by atoms with van der Waals surface area (Å²) in [6.07, 6.45) is 6.23. The van der Waals surface area contributed by atoms with Crippen LogP contribution in [0.4, 0.5) is 24.8 Å². The first-order valence-electron chi connectivity index (χ1n) is 12.1. The van der Waals surface area contributed by atoms with Crippen molar-refractivity contribution in [3.8, 4) is 0 Å². The van der Waals surface area contributed by atoms with Crippen LogP contribution in [-0.2, 0) is 6.54 Å². The minimum atomic E-state index is -1.44. The van der Waals surface area contributed by atoms with Gasteiger partial charge in [0.15, 0.2) is 22.6 Å². The van der Waals surface area contributed by atoms with Gasteiger partial charge in [0, 0.05) is 43.2 Å². The van der Waals surface area contributed by atoms with Crippen molar-refractivity contribution in [2.45, 2.75) is 50.6 Å². The molecular weight excluding hydrogens is 479 g/mol. The number of aromatic nitrogens is 5. The molecule has 2 aliphatic heterocycles. The van der Waals surface area contributed by atoms with E-state index in [0.29, 0.717) is 41.7 Å². The minimum Gasteiger partial charge on any atom is -0.369 e. The number of halogens is 4. The van der Waals surface area contributed by atoms with Crippen molar-refractivity contribution < 1.29 is 13.2 Å². The number of fused-ring (bicyclic) bond motifs is 3. The van der Waals surface area contributed by atoms with Crippen molar-refractivity contribution in [2.24, 2.45) is 11.8 Å². The van der Waals surface area contributed by atoms with Crippen LogP contribution in [0.1, 0.15) is 49.4 Å². The van der Waals surface area contributed by atoms with Gasteiger partial charge in [-0.2, -0.15) is 10.1 Å². The van der Waals surface area contributed by atoms with E-state index < -0.39 is 23.4 Å². The SMILES string of the molecule is Fc1ccc(C2CCCCn3nc(NC4[C@@H]5CC[C@H]4CN(c4cnnc(Cl)c4)C5)nc32)c(F)c1F. The van der Waals surface area contributed by atoms with Crippen LogP contribution in [-0.4, -0.2) is 44.1 Å². The Morgan fingerprint density at radius 3 is 2.57 bits per heavy atom. The Hall–Kier alpha value is -2.88. The van der Waals surface area contributed by atoms with E-state index in [2.05, 4.69) is 20.4 Å². The normalized spacial score (nSPS) is 25.9. The van der Waals surface area contributed by atoms with Crippen LogP contribution in [0.2, 0.25) is 5.15 Å². The van der Waals surface area contributed by atoms with Gasteiger partial charge in [-0.15, -0.1) is 10.2 Å². The van der Waals surface area contributed by atoms with Gasteiger partial charge in [0.05, 0.1) is 11.9 Å². The second kappa shape index (κ2) is 8.96. The molecule has 1 saturated carbocycles. The van der Waals surface area contributed by atoms with Gasteiger partial charge in [0.1, 0.15) is 5.82 Å². The second-order valence-corrected chi connectivity index (χ2v) is 10.1. The fourth-order valence-corrected chi connectivity index (χ4v) is 6.16. The fourth-order valence-electron chi connectivity index (χ4n) is 6.00. The van der Waals surface area contributed by atoms with Crippen LogP contribution in [0.3, 0.4) is 0 Å². The Bertz CT molecular complexity index is 1240. The molecule has 4 heterocycles. The van der Waals surface area contributed by atoms with Gasteiger partial charge in [-0.1, -0.05) is 24.1 Å². The Kier molecular flexibility index (Phi) is 5.78. The Morgan fingerprint density at radius 1 is 1.00 bits per heavy atom. The number of hydrogen-bond donors (Lipinski definition) is 1. The van der Waals surface area contributed by atoms with E-state index in [1.165, 1.54) is 6.07 Å². The zero-order valence-electron chi connectivity index (χ0n) is 19.0. The third-order valence-corrected chi connectivity index (χ3v) is 7.85. The highest BCUT2D eigenvalue weighted by Gasteiger charge is 2.43. The number of nitrogens with zero attached hydrogens (tertiary/aromatic N) is 6. The molecule has 1 aromatic carbocycles. The molecule has 184 valence electrons. The third-order valence-electron chi connectivity index (χ3n) is 7.67. The average molecular weight is 504 g/mol. The largest absolute Gasteiger partial charge is 0.369 e. The maximum Gasteiger partial charge on any atom is 0.242 e. The van der Waals surface area contributed by atoms with E-state index in [1.807, 2.05) is 6.07 Å².